The standard InChI is InChI=1S/C3H9N.2CH4.4ClH/c1-3(2)4;;;;;;/h3H,4H2,1-2H3;2*1H4;4*1H. The molecule has 0 radical (unpaired) electrons. The Bertz CT molecular complexity index is 18.4. The molecule has 0 aromatic rings. The highest BCUT2D eigenvalue weighted by molar-refractivity contribution is 5.86. The Balaban J connectivity index is -0.00000000300. The van der Waals surface area contributed by atoms with Crippen LogP contribution in [0.15, 0.2) is 0 Å². The molecule has 0 bridgehead atoms. The summed E-state index contributed by atoms with van der Waals surface area (Å²) in [4.78, 5) is 0. The van der Waals surface area contributed by atoms with E-state index in [2.05, 4.69) is 0 Å². The normalized spacial score (nSPS) is 3.60. The van der Waals surface area contributed by atoms with Crippen molar-refractivity contribution in [2.45, 2.75) is 34.7 Å². The van der Waals surface area contributed by atoms with Crippen molar-refractivity contribution in [2.75, 3.05) is 0 Å². The summed E-state index contributed by atoms with van der Waals surface area (Å²) in [5.74, 6) is 0. The molecule has 0 heterocycles. The molecule has 0 unspecified atom stereocenters. The fourth-order valence-electron chi connectivity index (χ4n) is 0. The van der Waals surface area contributed by atoms with E-state index in [1.165, 1.54) is 0 Å². The van der Waals surface area contributed by atoms with E-state index in [4.69, 9.17) is 5.73 Å². The number of hydrogen-bond acceptors (Lipinski definition) is 1. The average Bonchev–Trinajstić information content (AvgIpc) is 0.811. The van der Waals surface area contributed by atoms with Crippen LogP contribution in [0.4, 0.5) is 0 Å². The molecule has 0 aliphatic carbocycles. The zero-order valence-electron chi connectivity index (χ0n) is 4.79. The molecule has 0 saturated heterocycles. The summed E-state index contributed by atoms with van der Waals surface area (Å²) >= 11 is 0. The minimum Gasteiger partial charge on any atom is -0.328 e. The Morgan fingerprint density at radius 3 is 0.800 bits per heavy atom. The van der Waals surface area contributed by atoms with Gasteiger partial charge in [-0.2, -0.15) is 0 Å². The van der Waals surface area contributed by atoms with Crippen molar-refractivity contribution in [3.05, 3.63) is 0 Å². The van der Waals surface area contributed by atoms with Crippen molar-refractivity contribution in [2.24, 2.45) is 5.73 Å². The molecule has 0 aliphatic heterocycles. The van der Waals surface area contributed by atoms with Crippen molar-refractivity contribution in [1.29, 1.82) is 0 Å². The van der Waals surface area contributed by atoms with Crippen LogP contribution in [0.3, 0.4) is 0 Å². The van der Waals surface area contributed by atoms with Gasteiger partial charge in [0.2, 0.25) is 0 Å². The second kappa shape index (κ2) is 49.6. The third kappa shape index (κ3) is 479. The summed E-state index contributed by atoms with van der Waals surface area (Å²) in [6, 6.07) is 0.333. The van der Waals surface area contributed by atoms with E-state index in [0.717, 1.165) is 0 Å². The molecule has 74 valence electrons. The number of rotatable bonds is 0. The Kier molecular flexibility index (Phi) is 333. The topological polar surface area (TPSA) is 26.0 Å². The van der Waals surface area contributed by atoms with Gasteiger partial charge in [0.05, 0.1) is 0 Å². The summed E-state index contributed by atoms with van der Waals surface area (Å²) in [5.41, 5.74) is 5.11. The van der Waals surface area contributed by atoms with E-state index in [9.17, 15) is 0 Å². The third-order valence-corrected chi connectivity index (χ3v) is 0. The number of halogens is 4. The molecule has 0 atom stereocenters. The van der Waals surface area contributed by atoms with E-state index in [1.807, 2.05) is 13.8 Å². The molecule has 0 aromatic heterocycles. The molecule has 1 nitrogen and oxygen atoms in total. The average molecular weight is 237 g/mol. The highest BCUT2D eigenvalue weighted by atomic mass is 35.5. The van der Waals surface area contributed by atoms with Gasteiger partial charge in [-0.1, -0.05) is 28.7 Å². The fraction of sp³-hybridized carbons (Fsp3) is 1.00. The quantitative estimate of drug-likeness (QED) is 0.687. The van der Waals surface area contributed by atoms with Crippen LogP contribution < -0.4 is 5.73 Å². The van der Waals surface area contributed by atoms with Crippen LogP contribution in [-0.4, -0.2) is 6.04 Å². The summed E-state index contributed by atoms with van der Waals surface area (Å²) < 4.78 is 0. The Morgan fingerprint density at radius 2 is 0.800 bits per heavy atom. The monoisotopic (exact) mass is 235 g/mol. The highest BCUT2D eigenvalue weighted by Crippen LogP contribution is 1.58. The Morgan fingerprint density at radius 1 is 0.800 bits per heavy atom. The van der Waals surface area contributed by atoms with E-state index in [0.29, 0.717) is 6.04 Å². The van der Waals surface area contributed by atoms with E-state index in [-0.39, 0.29) is 64.5 Å². The maximum absolute atomic E-state index is 5.11. The van der Waals surface area contributed by atoms with Gasteiger partial charge in [0.15, 0.2) is 0 Å². The summed E-state index contributed by atoms with van der Waals surface area (Å²) in [6.07, 6.45) is 0. The molecule has 0 aromatic carbocycles. The predicted octanol–water partition coefficient (Wildman–Crippen LogP) is 3.31. The maximum Gasteiger partial charge on any atom is -0.00179 e. The summed E-state index contributed by atoms with van der Waals surface area (Å²) in [7, 11) is 0. The molecule has 10 heavy (non-hydrogen) atoms. The van der Waals surface area contributed by atoms with Crippen LogP contribution in [0.5, 0.6) is 0 Å². The molecule has 0 rings (SSSR count). The SMILES string of the molecule is C.C.CC(C)N.Cl.Cl.Cl.Cl. The second-order valence-electron chi connectivity index (χ2n) is 1.24. The van der Waals surface area contributed by atoms with Gasteiger partial charge in [0.1, 0.15) is 0 Å². The van der Waals surface area contributed by atoms with Gasteiger partial charge < -0.3 is 5.73 Å². The Hall–Kier alpha value is 1.12. The minimum absolute atomic E-state index is 0. The molecule has 5 heteroatoms. The molecular formula is C5H21Cl4N. The smallest absolute Gasteiger partial charge is 0.00179 e. The first-order chi connectivity index (χ1) is 1.73. The van der Waals surface area contributed by atoms with Crippen LogP contribution in [0.25, 0.3) is 0 Å². The van der Waals surface area contributed by atoms with Gasteiger partial charge in [0.25, 0.3) is 0 Å². The van der Waals surface area contributed by atoms with E-state index in [1.54, 1.807) is 0 Å². The zero-order valence-corrected chi connectivity index (χ0v) is 8.05. The third-order valence-electron chi connectivity index (χ3n) is 0. The summed E-state index contributed by atoms with van der Waals surface area (Å²) in [5, 5.41) is 0. The molecule has 0 saturated carbocycles. The van der Waals surface area contributed by atoms with Crippen molar-refractivity contribution >= 4 is 49.6 Å². The molecular weight excluding hydrogens is 216 g/mol. The van der Waals surface area contributed by atoms with Crippen LogP contribution in [0, 0.1) is 0 Å². The fourth-order valence-corrected chi connectivity index (χ4v) is 0. The molecule has 0 aliphatic rings. The lowest BCUT2D eigenvalue weighted by Gasteiger charge is -1.81. The van der Waals surface area contributed by atoms with Crippen molar-refractivity contribution < 1.29 is 0 Å². The van der Waals surface area contributed by atoms with Gasteiger partial charge in [-0.3, -0.25) is 0 Å². The molecule has 2 N–H and O–H groups in total. The summed E-state index contributed by atoms with van der Waals surface area (Å²) in [6.45, 7) is 3.89. The lowest BCUT2D eigenvalue weighted by atomic mass is 10.5. The Labute approximate surface area is 90.2 Å². The van der Waals surface area contributed by atoms with Crippen LogP contribution >= 0.6 is 49.6 Å². The molecule has 0 fully saturated rings. The molecule has 0 spiro atoms. The van der Waals surface area contributed by atoms with Gasteiger partial charge in [-0.25, -0.2) is 0 Å². The van der Waals surface area contributed by atoms with E-state index >= 15 is 0 Å². The number of nitrogens with two attached hydrogens (primary N) is 1. The van der Waals surface area contributed by atoms with Crippen molar-refractivity contribution in [3.8, 4) is 0 Å². The lowest BCUT2D eigenvalue weighted by Crippen LogP contribution is -2.06. The second-order valence-corrected chi connectivity index (χ2v) is 1.24. The number of hydrogen-bond donors (Lipinski definition) is 1. The van der Waals surface area contributed by atoms with Gasteiger partial charge >= 0.3 is 0 Å². The van der Waals surface area contributed by atoms with Crippen molar-refractivity contribution in [3.63, 3.8) is 0 Å². The largest absolute Gasteiger partial charge is 0.328 e. The first-order valence-electron chi connectivity index (χ1n) is 1.49. The maximum atomic E-state index is 5.11. The van der Waals surface area contributed by atoms with Crippen LogP contribution in [0.1, 0.15) is 28.7 Å². The first kappa shape index (κ1) is 67.1. The minimum atomic E-state index is 0. The van der Waals surface area contributed by atoms with Gasteiger partial charge in [-0.05, 0) is 6.04 Å². The first-order valence-corrected chi connectivity index (χ1v) is 1.49. The van der Waals surface area contributed by atoms with Crippen molar-refractivity contribution in [1.82, 2.24) is 0 Å². The lowest BCUT2D eigenvalue weighted by molar-refractivity contribution is 0.834. The molecule has 0 amide bonds. The van der Waals surface area contributed by atoms with Crippen LogP contribution in [0.2, 0.25) is 0 Å². The zero-order chi connectivity index (χ0) is 3.58. The van der Waals surface area contributed by atoms with Gasteiger partial charge in [-0.15, -0.1) is 49.6 Å². The van der Waals surface area contributed by atoms with E-state index < -0.39 is 0 Å². The van der Waals surface area contributed by atoms with Gasteiger partial charge in [0, 0.05) is 0 Å². The predicted molar refractivity (Wildman–Crippen MR) is 61.8 cm³/mol. The van der Waals surface area contributed by atoms with Crippen LogP contribution in [-0.2, 0) is 0 Å². The highest BCUT2D eigenvalue weighted by Gasteiger charge is 1.67.